The Morgan fingerprint density at radius 1 is 1.33 bits per heavy atom. The quantitative estimate of drug-likeness (QED) is 0.644. The lowest BCUT2D eigenvalue weighted by molar-refractivity contribution is 0.343. The monoisotopic (exact) mass is 308 g/mol. The fraction of sp³-hybridized carbons (Fsp3) is 0.588. The number of fused-ring (bicyclic) bond motifs is 1. The summed E-state index contributed by atoms with van der Waals surface area (Å²) in [6.07, 6.45) is 4.40. The van der Waals surface area contributed by atoms with Gasteiger partial charge in [-0.15, -0.1) is 11.6 Å². The molecule has 2 aromatic rings. The zero-order valence-corrected chi connectivity index (χ0v) is 14.0. The Hall–Kier alpha value is -1.22. The van der Waals surface area contributed by atoms with E-state index >= 15 is 0 Å². The molecule has 0 aliphatic carbocycles. The van der Waals surface area contributed by atoms with Crippen LogP contribution >= 0.6 is 11.6 Å². The third-order valence-corrected chi connectivity index (χ3v) is 3.98. The second-order valence-electron chi connectivity index (χ2n) is 5.39. The number of nitrogens with zero attached hydrogens (tertiary/aromatic N) is 2. The standard InChI is InChI=1S/C17H25ClN2O/c1-4-6-8-13(3)20-14-9-7-10-15(21-5-2)17(14)19-16(20)11-12-18/h7,9-10,13H,4-6,8,11-12H2,1-3H3. The first kappa shape index (κ1) is 16.2. The van der Waals surface area contributed by atoms with Crippen LogP contribution in [0.1, 0.15) is 51.9 Å². The van der Waals surface area contributed by atoms with Crippen LogP contribution in [0, 0.1) is 0 Å². The van der Waals surface area contributed by atoms with Gasteiger partial charge in [-0.3, -0.25) is 0 Å². The van der Waals surface area contributed by atoms with E-state index in [1.54, 1.807) is 0 Å². The van der Waals surface area contributed by atoms with E-state index in [0.29, 0.717) is 18.5 Å². The van der Waals surface area contributed by atoms with E-state index in [0.717, 1.165) is 35.4 Å². The van der Waals surface area contributed by atoms with Crippen LogP contribution in [0.5, 0.6) is 5.75 Å². The number of aryl methyl sites for hydroxylation is 1. The smallest absolute Gasteiger partial charge is 0.147 e. The molecule has 1 heterocycles. The van der Waals surface area contributed by atoms with Gasteiger partial charge in [0.15, 0.2) is 0 Å². The molecule has 0 N–H and O–H groups in total. The molecule has 0 radical (unpaired) electrons. The number of alkyl halides is 1. The van der Waals surface area contributed by atoms with E-state index in [9.17, 15) is 0 Å². The van der Waals surface area contributed by atoms with Crippen molar-refractivity contribution in [2.24, 2.45) is 0 Å². The van der Waals surface area contributed by atoms with Crippen LogP contribution in [0.2, 0.25) is 0 Å². The maximum absolute atomic E-state index is 5.96. The fourth-order valence-corrected chi connectivity index (χ4v) is 2.96. The molecule has 0 saturated carbocycles. The van der Waals surface area contributed by atoms with Crippen LogP contribution in [-0.4, -0.2) is 22.0 Å². The molecule has 0 saturated heterocycles. The molecular weight excluding hydrogens is 284 g/mol. The number of halogens is 1. The average Bonchev–Trinajstić information content (AvgIpc) is 2.85. The third-order valence-electron chi connectivity index (χ3n) is 3.79. The van der Waals surface area contributed by atoms with Crippen LogP contribution in [-0.2, 0) is 6.42 Å². The number of imidazole rings is 1. The highest BCUT2D eigenvalue weighted by molar-refractivity contribution is 6.17. The summed E-state index contributed by atoms with van der Waals surface area (Å²) in [6, 6.07) is 6.60. The predicted molar refractivity (Wildman–Crippen MR) is 89.6 cm³/mol. The number of rotatable bonds is 8. The van der Waals surface area contributed by atoms with Crippen LogP contribution in [0.25, 0.3) is 11.0 Å². The Morgan fingerprint density at radius 3 is 2.81 bits per heavy atom. The summed E-state index contributed by atoms with van der Waals surface area (Å²) in [5.74, 6) is 2.52. The fourth-order valence-electron chi connectivity index (χ4n) is 2.79. The minimum Gasteiger partial charge on any atom is -0.492 e. The van der Waals surface area contributed by atoms with E-state index in [4.69, 9.17) is 21.3 Å². The van der Waals surface area contributed by atoms with E-state index in [1.165, 1.54) is 12.8 Å². The maximum atomic E-state index is 5.96. The van der Waals surface area contributed by atoms with Crippen molar-refractivity contribution in [3.8, 4) is 5.75 Å². The molecule has 2 rings (SSSR count). The molecule has 1 aromatic carbocycles. The molecule has 0 amide bonds. The van der Waals surface area contributed by atoms with E-state index < -0.39 is 0 Å². The van der Waals surface area contributed by atoms with Gasteiger partial charge in [-0.05, 0) is 32.4 Å². The van der Waals surface area contributed by atoms with Gasteiger partial charge in [-0.2, -0.15) is 0 Å². The highest BCUT2D eigenvalue weighted by atomic mass is 35.5. The first-order valence-corrected chi connectivity index (χ1v) is 8.44. The number of hydrogen-bond acceptors (Lipinski definition) is 2. The van der Waals surface area contributed by atoms with Crippen molar-refractivity contribution in [3.05, 3.63) is 24.0 Å². The van der Waals surface area contributed by atoms with Crippen LogP contribution < -0.4 is 4.74 Å². The number of aromatic nitrogens is 2. The second kappa shape index (κ2) is 7.69. The maximum Gasteiger partial charge on any atom is 0.147 e. The number of benzene rings is 1. The zero-order chi connectivity index (χ0) is 15.2. The van der Waals surface area contributed by atoms with E-state index in [1.807, 2.05) is 19.1 Å². The lowest BCUT2D eigenvalue weighted by Crippen LogP contribution is -2.10. The Balaban J connectivity index is 2.49. The average molecular weight is 309 g/mol. The SMILES string of the molecule is CCCCC(C)n1c(CCCl)nc2c(OCC)cccc21. The van der Waals surface area contributed by atoms with Gasteiger partial charge in [0.25, 0.3) is 0 Å². The summed E-state index contributed by atoms with van der Waals surface area (Å²) < 4.78 is 8.06. The Kier molecular flexibility index (Phi) is 5.92. The Labute approximate surface area is 132 Å². The zero-order valence-electron chi connectivity index (χ0n) is 13.2. The highest BCUT2D eigenvalue weighted by Crippen LogP contribution is 2.30. The van der Waals surface area contributed by atoms with E-state index in [-0.39, 0.29) is 0 Å². The molecule has 21 heavy (non-hydrogen) atoms. The van der Waals surface area contributed by atoms with Crippen LogP contribution in [0.3, 0.4) is 0 Å². The summed E-state index contributed by atoms with van der Waals surface area (Å²) in [7, 11) is 0. The summed E-state index contributed by atoms with van der Waals surface area (Å²) in [4.78, 5) is 4.80. The van der Waals surface area contributed by atoms with Gasteiger partial charge in [-0.25, -0.2) is 4.98 Å². The van der Waals surface area contributed by atoms with Gasteiger partial charge in [0.1, 0.15) is 17.1 Å². The molecular formula is C17H25ClN2O. The van der Waals surface area contributed by atoms with Gasteiger partial charge in [0.2, 0.25) is 0 Å². The van der Waals surface area contributed by atoms with Crippen molar-refractivity contribution in [2.75, 3.05) is 12.5 Å². The lowest BCUT2D eigenvalue weighted by atomic mass is 10.1. The summed E-state index contributed by atoms with van der Waals surface area (Å²) >= 11 is 5.96. The van der Waals surface area contributed by atoms with Crippen LogP contribution in [0.15, 0.2) is 18.2 Å². The summed E-state index contributed by atoms with van der Waals surface area (Å²) in [5.41, 5.74) is 2.12. The van der Waals surface area contributed by atoms with Crippen molar-refractivity contribution >= 4 is 22.6 Å². The predicted octanol–water partition coefficient (Wildman–Crippen LogP) is 4.97. The van der Waals surface area contributed by atoms with Crippen molar-refractivity contribution < 1.29 is 4.74 Å². The van der Waals surface area contributed by atoms with Crippen molar-refractivity contribution in [2.45, 2.75) is 52.5 Å². The number of ether oxygens (including phenoxy) is 1. The van der Waals surface area contributed by atoms with Gasteiger partial charge in [0, 0.05) is 18.3 Å². The molecule has 0 bridgehead atoms. The van der Waals surface area contributed by atoms with Gasteiger partial charge < -0.3 is 9.30 Å². The topological polar surface area (TPSA) is 27.1 Å². The van der Waals surface area contributed by atoms with E-state index in [2.05, 4.69) is 24.5 Å². The first-order chi connectivity index (χ1) is 10.2. The highest BCUT2D eigenvalue weighted by Gasteiger charge is 2.17. The van der Waals surface area contributed by atoms with Crippen LogP contribution in [0.4, 0.5) is 0 Å². The molecule has 0 fully saturated rings. The minimum absolute atomic E-state index is 0.435. The first-order valence-electron chi connectivity index (χ1n) is 7.91. The molecule has 116 valence electrons. The van der Waals surface area contributed by atoms with Gasteiger partial charge >= 0.3 is 0 Å². The molecule has 0 aliphatic rings. The largest absolute Gasteiger partial charge is 0.492 e. The molecule has 0 aliphatic heterocycles. The van der Waals surface area contributed by atoms with Gasteiger partial charge in [-0.1, -0.05) is 25.8 Å². The molecule has 3 nitrogen and oxygen atoms in total. The molecule has 4 heteroatoms. The third kappa shape index (κ3) is 3.52. The number of unbranched alkanes of at least 4 members (excludes halogenated alkanes) is 1. The number of hydrogen-bond donors (Lipinski definition) is 0. The molecule has 1 unspecified atom stereocenters. The summed E-state index contributed by atoms with van der Waals surface area (Å²) in [5, 5.41) is 0. The normalized spacial score (nSPS) is 12.8. The summed E-state index contributed by atoms with van der Waals surface area (Å²) in [6.45, 7) is 7.15. The van der Waals surface area contributed by atoms with Crippen molar-refractivity contribution in [1.82, 2.24) is 9.55 Å². The Morgan fingerprint density at radius 2 is 2.14 bits per heavy atom. The van der Waals surface area contributed by atoms with Crippen molar-refractivity contribution in [3.63, 3.8) is 0 Å². The van der Waals surface area contributed by atoms with Crippen molar-refractivity contribution in [1.29, 1.82) is 0 Å². The Bertz CT molecular complexity index is 579. The molecule has 1 aromatic heterocycles. The second-order valence-corrected chi connectivity index (χ2v) is 5.76. The minimum atomic E-state index is 0.435. The van der Waals surface area contributed by atoms with Gasteiger partial charge in [0.05, 0.1) is 12.1 Å². The lowest BCUT2D eigenvalue weighted by Gasteiger charge is -2.17. The molecule has 0 spiro atoms. The number of para-hydroxylation sites is 1. The molecule has 1 atom stereocenters.